The minimum Gasteiger partial charge on any atom is -0.387 e. The fourth-order valence-corrected chi connectivity index (χ4v) is 3.16. The summed E-state index contributed by atoms with van der Waals surface area (Å²) in [6.45, 7) is 1.65. The number of aliphatic hydroxyl groups excluding tert-OH is 1. The van der Waals surface area contributed by atoms with Gasteiger partial charge in [0.25, 0.3) is 5.69 Å². The van der Waals surface area contributed by atoms with E-state index in [2.05, 4.69) is 5.32 Å². The average molecular weight is 401 g/mol. The zero-order valence-corrected chi connectivity index (χ0v) is 15.7. The van der Waals surface area contributed by atoms with Crippen molar-refractivity contribution in [3.8, 4) is 0 Å². The quantitative estimate of drug-likeness (QED) is 0.569. The summed E-state index contributed by atoms with van der Waals surface area (Å²) in [4.78, 5) is 36.2. The molecular formula is C20H20FN3O5. The highest BCUT2D eigenvalue weighted by atomic mass is 19.1. The van der Waals surface area contributed by atoms with Crippen LogP contribution in [-0.4, -0.2) is 34.9 Å². The summed E-state index contributed by atoms with van der Waals surface area (Å²) >= 11 is 0. The first-order valence-electron chi connectivity index (χ1n) is 9.03. The number of hydrogen-bond donors (Lipinski definition) is 2. The Kier molecular flexibility index (Phi) is 5.88. The number of benzene rings is 2. The second-order valence-corrected chi connectivity index (χ2v) is 6.95. The molecule has 0 bridgehead atoms. The molecule has 9 heteroatoms. The van der Waals surface area contributed by atoms with Crippen LogP contribution < -0.4 is 10.2 Å². The van der Waals surface area contributed by atoms with Gasteiger partial charge >= 0.3 is 0 Å². The molecule has 1 aliphatic rings. The summed E-state index contributed by atoms with van der Waals surface area (Å²) in [6, 6.07) is 9.86. The highest BCUT2D eigenvalue weighted by molar-refractivity contribution is 6.00. The van der Waals surface area contributed by atoms with Gasteiger partial charge < -0.3 is 15.3 Å². The molecule has 8 nitrogen and oxygen atoms in total. The molecule has 2 aromatic carbocycles. The van der Waals surface area contributed by atoms with E-state index in [0.29, 0.717) is 16.8 Å². The molecule has 1 saturated heterocycles. The summed E-state index contributed by atoms with van der Waals surface area (Å²) in [5.41, 5.74) is 1.20. The largest absolute Gasteiger partial charge is 0.387 e. The maximum Gasteiger partial charge on any atom is 0.269 e. The average Bonchev–Trinajstić information content (AvgIpc) is 3.09. The van der Waals surface area contributed by atoms with Crippen LogP contribution in [0.2, 0.25) is 0 Å². The van der Waals surface area contributed by atoms with E-state index in [9.17, 15) is 29.2 Å². The summed E-state index contributed by atoms with van der Waals surface area (Å²) in [5, 5.41) is 23.4. The lowest BCUT2D eigenvalue weighted by atomic mass is 10.1. The van der Waals surface area contributed by atoms with Gasteiger partial charge in [0.1, 0.15) is 5.82 Å². The van der Waals surface area contributed by atoms with Gasteiger partial charge in [-0.15, -0.1) is 0 Å². The van der Waals surface area contributed by atoms with Crippen LogP contribution in [0.4, 0.5) is 15.8 Å². The molecule has 1 fully saturated rings. The van der Waals surface area contributed by atoms with Gasteiger partial charge in [0.2, 0.25) is 11.8 Å². The van der Waals surface area contributed by atoms with E-state index in [0.717, 1.165) is 0 Å². The Balaban J connectivity index is 1.57. The Morgan fingerprint density at radius 2 is 2.03 bits per heavy atom. The number of carbonyl (C=O) groups is 2. The van der Waals surface area contributed by atoms with Crippen molar-refractivity contribution in [1.82, 2.24) is 5.32 Å². The van der Waals surface area contributed by atoms with Crippen LogP contribution in [0.3, 0.4) is 0 Å². The molecule has 152 valence electrons. The lowest BCUT2D eigenvalue weighted by Gasteiger charge is -2.18. The Labute approximate surface area is 166 Å². The normalized spacial score (nSPS) is 17.3. The summed E-state index contributed by atoms with van der Waals surface area (Å²) < 4.78 is 13.8. The number of non-ortho nitro benzene ring substituents is 1. The number of aryl methyl sites for hydroxylation is 1. The SMILES string of the molecule is Cc1ccc(N2C[C@@H](C(=O)NC[C@@H](O)c3ccc([N+](=O)[O-])cc3)CC2=O)cc1F. The third-order valence-corrected chi connectivity index (χ3v) is 4.92. The molecule has 2 amide bonds. The molecule has 0 spiro atoms. The van der Waals surface area contributed by atoms with E-state index in [1.54, 1.807) is 19.1 Å². The number of amides is 2. The monoisotopic (exact) mass is 401 g/mol. The molecule has 2 atom stereocenters. The molecule has 2 N–H and O–H groups in total. The first kappa shape index (κ1) is 20.4. The first-order valence-corrected chi connectivity index (χ1v) is 9.03. The number of aliphatic hydroxyl groups is 1. The van der Waals surface area contributed by atoms with Crippen molar-refractivity contribution in [3.05, 3.63) is 69.5 Å². The van der Waals surface area contributed by atoms with Crippen LogP contribution in [0.1, 0.15) is 23.7 Å². The van der Waals surface area contributed by atoms with E-state index in [1.807, 2.05) is 0 Å². The number of halogens is 1. The third-order valence-electron chi connectivity index (χ3n) is 4.92. The maximum atomic E-state index is 13.8. The molecule has 3 rings (SSSR count). The number of hydrogen-bond acceptors (Lipinski definition) is 5. The van der Waals surface area contributed by atoms with E-state index in [4.69, 9.17) is 0 Å². The third kappa shape index (κ3) is 4.57. The van der Waals surface area contributed by atoms with Crippen molar-refractivity contribution in [2.24, 2.45) is 5.92 Å². The van der Waals surface area contributed by atoms with Gasteiger partial charge in [-0.1, -0.05) is 6.07 Å². The fourth-order valence-electron chi connectivity index (χ4n) is 3.16. The number of rotatable bonds is 6. The smallest absolute Gasteiger partial charge is 0.269 e. The van der Waals surface area contributed by atoms with Gasteiger partial charge in [-0.05, 0) is 42.3 Å². The molecule has 0 unspecified atom stereocenters. The van der Waals surface area contributed by atoms with E-state index in [-0.39, 0.29) is 31.1 Å². The van der Waals surface area contributed by atoms with Crippen molar-refractivity contribution in [3.63, 3.8) is 0 Å². The lowest BCUT2D eigenvalue weighted by Crippen LogP contribution is -2.35. The summed E-state index contributed by atoms with van der Waals surface area (Å²) in [7, 11) is 0. The molecule has 1 aliphatic heterocycles. The fraction of sp³-hybridized carbons (Fsp3) is 0.300. The van der Waals surface area contributed by atoms with Gasteiger partial charge in [-0.2, -0.15) is 0 Å². The minimum atomic E-state index is -1.04. The number of nitrogens with one attached hydrogen (secondary N) is 1. The Morgan fingerprint density at radius 3 is 2.66 bits per heavy atom. The van der Waals surface area contributed by atoms with E-state index in [1.165, 1.54) is 35.2 Å². The molecular weight excluding hydrogens is 381 g/mol. The number of nitrogens with zero attached hydrogens (tertiary/aromatic N) is 2. The van der Waals surface area contributed by atoms with Crippen molar-refractivity contribution >= 4 is 23.2 Å². The van der Waals surface area contributed by atoms with Gasteiger partial charge in [0.05, 0.1) is 16.9 Å². The van der Waals surface area contributed by atoms with Crippen LogP contribution in [0.25, 0.3) is 0 Å². The molecule has 0 saturated carbocycles. The number of carbonyl (C=O) groups excluding carboxylic acids is 2. The topological polar surface area (TPSA) is 113 Å². The molecule has 0 aliphatic carbocycles. The number of anilines is 1. The number of nitro groups is 1. The minimum absolute atomic E-state index is 0.00500. The Morgan fingerprint density at radius 1 is 1.34 bits per heavy atom. The van der Waals surface area contributed by atoms with Crippen LogP contribution in [-0.2, 0) is 9.59 Å². The Bertz CT molecular complexity index is 948. The second-order valence-electron chi connectivity index (χ2n) is 6.95. The van der Waals surface area contributed by atoms with Crippen LogP contribution in [0.5, 0.6) is 0 Å². The van der Waals surface area contributed by atoms with Crippen molar-refractivity contribution in [2.45, 2.75) is 19.4 Å². The first-order chi connectivity index (χ1) is 13.8. The molecule has 2 aromatic rings. The zero-order chi connectivity index (χ0) is 21.1. The van der Waals surface area contributed by atoms with Crippen LogP contribution in [0, 0.1) is 28.8 Å². The zero-order valence-electron chi connectivity index (χ0n) is 15.7. The molecule has 29 heavy (non-hydrogen) atoms. The molecule has 0 aromatic heterocycles. The second kappa shape index (κ2) is 8.36. The van der Waals surface area contributed by atoms with Crippen LogP contribution >= 0.6 is 0 Å². The molecule has 0 radical (unpaired) electrons. The van der Waals surface area contributed by atoms with Gasteiger partial charge in [-0.25, -0.2) is 4.39 Å². The maximum absolute atomic E-state index is 13.8. The predicted octanol–water partition coefficient (Wildman–Crippen LogP) is 2.25. The summed E-state index contributed by atoms with van der Waals surface area (Å²) in [6.07, 6.45) is -1.05. The lowest BCUT2D eigenvalue weighted by molar-refractivity contribution is -0.384. The van der Waals surface area contributed by atoms with Gasteiger partial charge in [0, 0.05) is 37.3 Å². The van der Waals surface area contributed by atoms with Gasteiger partial charge in [0.15, 0.2) is 0 Å². The highest BCUT2D eigenvalue weighted by Gasteiger charge is 2.35. The van der Waals surface area contributed by atoms with Crippen molar-refractivity contribution in [1.29, 1.82) is 0 Å². The Hall–Kier alpha value is -3.33. The highest BCUT2D eigenvalue weighted by Crippen LogP contribution is 2.27. The summed E-state index contributed by atoms with van der Waals surface area (Å²) in [5.74, 6) is -1.70. The number of nitro benzene ring substituents is 1. The standard InChI is InChI=1S/C20H20FN3O5/c1-12-2-5-16(9-17(12)21)23-11-14(8-19(23)26)20(27)22-10-18(25)13-3-6-15(7-4-13)24(28)29/h2-7,9,14,18,25H,8,10-11H2,1H3,(H,22,27)/t14-,18+/m0/s1. The van der Waals surface area contributed by atoms with E-state index < -0.39 is 28.7 Å². The van der Waals surface area contributed by atoms with Crippen molar-refractivity contribution in [2.75, 3.05) is 18.0 Å². The van der Waals surface area contributed by atoms with E-state index >= 15 is 0 Å². The predicted molar refractivity (Wildman–Crippen MR) is 103 cm³/mol. The van der Waals surface area contributed by atoms with Gasteiger partial charge in [-0.3, -0.25) is 19.7 Å². The molecule has 1 heterocycles. The van der Waals surface area contributed by atoms with Crippen molar-refractivity contribution < 1.29 is 24.0 Å². The van der Waals surface area contributed by atoms with Crippen LogP contribution in [0.15, 0.2) is 42.5 Å².